The van der Waals surface area contributed by atoms with E-state index in [1.165, 1.54) is 23.2 Å². The molecule has 1 fully saturated rings. The molecule has 3 heterocycles. The largest absolute Gasteiger partial charge is 0.316 e. The van der Waals surface area contributed by atoms with Gasteiger partial charge >= 0.3 is 0 Å². The molecule has 78 valence electrons. The molecular weight excluding hydrogens is 186 g/mol. The normalized spacial score (nSPS) is 21.3. The van der Waals surface area contributed by atoms with Gasteiger partial charge in [0, 0.05) is 24.2 Å². The monoisotopic (exact) mass is 201 g/mol. The van der Waals surface area contributed by atoms with E-state index in [0.717, 1.165) is 13.1 Å². The molecule has 1 N–H and O–H groups in total. The Kier molecular flexibility index (Phi) is 1.99. The van der Waals surface area contributed by atoms with Crippen LogP contribution in [0.15, 0.2) is 24.4 Å². The molecule has 0 bridgehead atoms. The standard InChI is InChI=1S/C12H15N3/c1-9-12(10-5-6-13-8-10)11-4-2-3-7-15(11)14-9/h2-4,7,10,13H,5-6,8H2,1H3. The van der Waals surface area contributed by atoms with Gasteiger partial charge in [0.15, 0.2) is 0 Å². The molecule has 1 unspecified atom stereocenters. The summed E-state index contributed by atoms with van der Waals surface area (Å²) in [7, 11) is 0. The Morgan fingerprint density at radius 1 is 1.47 bits per heavy atom. The number of aromatic nitrogens is 2. The molecule has 1 aliphatic rings. The zero-order valence-electron chi connectivity index (χ0n) is 8.90. The van der Waals surface area contributed by atoms with Crippen LogP contribution in [-0.4, -0.2) is 22.7 Å². The Morgan fingerprint density at radius 3 is 3.20 bits per heavy atom. The van der Waals surface area contributed by atoms with Gasteiger partial charge in [0.05, 0.1) is 11.2 Å². The zero-order chi connectivity index (χ0) is 10.3. The van der Waals surface area contributed by atoms with Crippen LogP contribution in [0.4, 0.5) is 0 Å². The zero-order valence-corrected chi connectivity index (χ0v) is 8.90. The SMILES string of the molecule is Cc1nn2ccccc2c1C1CCNC1. The average Bonchev–Trinajstić information content (AvgIpc) is 2.82. The van der Waals surface area contributed by atoms with Crippen LogP contribution in [0.3, 0.4) is 0 Å². The third-order valence-electron chi connectivity index (χ3n) is 3.23. The summed E-state index contributed by atoms with van der Waals surface area (Å²) in [6, 6.07) is 6.27. The van der Waals surface area contributed by atoms with Crippen LogP contribution in [0.2, 0.25) is 0 Å². The summed E-state index contributed by atoms with van der Waals surface area (Å²) < 4.78 is 1.99. The lowest BCUT2D eigenvalue weighted by Crippen LogP contribution is -2.08. The van der Waals surface area contributed by atoms with Crippen molar-refractivity contribution < 1.29 is 0 Å². The van der Waals surface area contributed by atoms with E-state index in [0.29, 0.717) is 5.92 Å². The van der Waals surface area contributed by atoms with Crippen LogP contribution in [0, 0.1) is 6.92 Å². The first-order valence-corrected chi connectivity index (χ1v) is 5.51. The Hall–Kier alpha value is -1.35. The van der Waals surface area contributed by atoms with Gasteiger partial charge in [-0.25, -0.2) is 4.52 Å². The van der Waals surface area contributed by atoms with E-state index in [2.05, 4.69) is 29.5 Å². The molecule has 3 heteroatoms. The van der Waals surface area contributed by atoms with Crippen molar-refractivity contribution in [2.45, 2.75) is 19.3 Å². The molecule has 3 nitrogen and oxygen atoms in total. The molecule has 1 aliphatic heterocycles. The first-order valence-electron chi connectivity index (χ1n) is 5.51. The lowest BCUT2D eigenvalue weighted by molar-refractivity contribution is 0.763. The number of aryl methyl sites for hydroxylation is 1. The summed E-state index contributed by atoms with van der Waals surface area (Å²) in [5, 5.41) is 7.96. The molecule has 2 aromatic heterocycles. The predicted octanol–water partition coefficient (Wildman–Crippen LogP) is 1.72. The molecule has 0 spiro atoms. The Balaban J connectivity index is 2.19. The van der Waals surface area contributed by atoms with E-state index in [1.54, 1.807) is 0 Å². The number of pyridine rings is 1. The predicted molar refractivity (Wildman–Crippen MR) is 60.2 cm³/mol. The maximum Gasteiger partial charge on any atom is 0.0699 e. The van der Waals surface area contributed by atoms with Crippen molar-refractivity contribution in [2.75, 3.05) is 13.1 Å². The first kappa shape index (κ1) is 8.92. The van der Waals surface area contributed by atoms with Gasteiger partial charge in [-0.15, -0.1) is 0 Å². The van der Waals surface area contributed by atoms with Crippen molar-refractivity contribution in [1.29, 1.82) is 0 Å². The van der Waals surface area contributed by atoms with Crippen molar-refractivity contribution in [1.82, 2.24) is 14.9 Å². The second kappa shape index (κ2) is 3.35. The highest BCUT2D eigenvalue weighted by molar-refractivity contribution is 5.58. The number of fused-ring (bicyclic) bond motifs is 1. The minimum absolute atomic E-state index is 0.643. The molecule has 0 saturated carbocycles. The topological polar surface area (TPSA) is 29.3 Å². The van der Waals surface area contributed by atoms with Gasteiger partial charge in [-0.1, -0.05) is 6.07 Å². The van der Waals surface area contributed by atoms with Crippen LogP contribution in [-0.2, 0) is 0 Å². The maximum absolute atomic E-state index is 4.55. The molecule has 0 amide bonds. The highest BCUT2D eigenvalue weighted by atomic mass is 15.2. The molecule has 15 heavy (non-hydrogen) atoms. The third kappa shape index (κ3) is 1.35. The molecular formula is C12H15N3. The Bertz CT molecular complexity index is 481. The number of hydrogen-bond donors (Lipinski definition) is 1. The summed E-state index contributed by atoms with van der Waals surface area (Å²) in [4.78, 5) is 0. The summed E-state index contributed by atoms with van der Waals surface area (Å²) in [6.07, 6.45) is 3.26. The lowest BCUT2D eigenvalue weighted by atomic mass is 9.97. The number of rotatable bonds is 1. The van der Waals surface area contributed by atoms with Gasteiger partial charge in [-0.05, 0) is 32.0 Å². The van der Waals surface area contributed by atoms with Gasteiger partial charge in [-0.3, -0.25) is 0 Å². The van der Waals surface area contributed by atoms with Crippen LogP contribution in [0.5, 0.6) is 0 Å². The average molecular weight is 201 g/mol. The molecule has 3 rings (SSSR count). The fourth-order valence-electron chi connectivity index (χ4n) is 2.54. The summed E-state index contributed by atoms with van der Waals surface area (Å²) in [5.41, 5.74) is 3.87. The van der Waals surface area contributed by atoms with Crippen molar-refractivity contribution in [3.05, 3.63) is 35.7 Å². The van der Waals surface area contributed by atoms with Crippen molar-refractivity contribution >= 4 is 5.52 Å². The van der Waals surface area contributed by atoms with Gasteiger partial charge in [0.2, 0.25) is 0 Å². The van der Waals surface area contributed by atoms with Gasteiger partial charge in [0.1, 0.15) is 0 Å². The summed E-state index contributed by atoms with van der Waals surface area (Å²) in [6.45, 7) is 4.34. The van der Waals surface area contributed by atoms with Crippen LogP contribution in [0.25, 0.3) is 5.52 Å². The van der Waals surface area contributed by atoms with Gasteiger partial charge < -0.3 is 5.32 Å². The van der Waals surface area contributed by atoms with Crippen molar-refractivity contribution in [3.8, 4) is 0 Å². The van der Waals surface area contributed by atoms with Crippen LogP contribution >= 0.6 is 0 Å². The quantitative estimate of drug-likeness (QED) is 0.761. The molecule has 0 radical (unpaired) electrons. The smallest absolute Gasteiger partial charge is 0.0699 e. The summed E-state index contributed by atoms with van der Waals surface area (Å²) in [5.74, 6) is 0.643. The fourth-order valence-corrected chi connectivity index (χ4v) is 2.54. The van der Waals surface area contributed by atoms with Gasteiger partial charge in [-0.2, -0.15) is 5.10 Å². The summed E-state index contributed by atoms with van der Waals surface area (Å²) >= 11 is 0. The van der Waals surface area contributed by atoms with E-state index in [-0.39, 0.29) is 0 Å². The highest BCUT2D eigenvalue weighted by Gasteiger charge is 2.22. The van der Waals surface area contributed by atoms with E-state index < -0.39 is 0 Å². The molecule has 2 aromatic rings. The lowest BCUT2D eigenvalue weighted by Gasteiger charge is -2.07. The number of hydrogen-bond acceptors (Lipinski definition) is 2. The third-order valence-corrected chi connectivity index (χ3v) is 3.23. The Labute approximate surface area is 89.1 Å². The first-order chi connectivity index (χ1) is 7.36. The van der Waals surface area contributed by atoms with Crippen LogP contribution in [0.1, 0.15) is 23.6 Å². The van der Waals surface area contributed by atoms with E-state index in [4.69, 9.17) is 0 Å². The van der Waals surface area contributed by atoms with E-state index in [1.807, 2.05) is 16.8 Å². The van der Waals surface area contributed by atoms with Gasteiger partial charge in [0.25, 0.3) is 0 Å². The molecule has 0 aliphatic carbocycles. The fraction of sp³-hybridized carbons (Fsp3) is 0.417. The minimum atomic E-state index is 0.643. The Morgan fingerprint density at radius 2 is 2.40 bits per heavy atom. The molecule has 1 saturated heterocycles. The highest BCUT2D eigenvalue weighted by Crippen LogP contribution is 2.28. The van der Waals surface area contributed by atoms with Crippen LogP contribution < -0.4 is 5.32 Å². The number of nitrogens with zero attached hydrogens (tertiary/aromatic N) is 2. The number of nitrogens with one attached hydrogen (secondary N) is 1. The van der Waals surface area contributed by atoms with Crippen molar-refractivity contribution in [2.24, 2.45) is 0 Å². The van der Waals surface area contributed by atoms with E-state index in [9.17, 15) is 0 Å². The second-order valence-corrected chi connectivity index (χ2v) is 4.22. The van der Waals surface area contributed by atoms with Crippen molar-refractivity contribution in [3.63, 3.8) is 0 Å². The molecule has 0 aromatic carbocycles. The molecule has 1 atom stereocenters. The maximum atomic E-state index is 4.55. The second-order valence-electron chi connectivity index (χ2n) is 4.22. The van der Waals surface area contributed by atoms with E-state index >= 15 is 0 Å². The minimum Gasteiger partial charge on any atom is -0.316 e.